The largest absolute Gasteiger partial charge is 0.256 e. The van der Waals surface area contributed by atoms with Gasteiger partial charge in [-0.15, -0.1) is 0 Å². The summed E-state index contributed by atoms with van der Waals surface area (Å²) in [5.74, 6) is 0. The van der Waals surface area contributed by atoms with Crippen LogP contribution in [-0.2, 0) is 0 Å². The van der Waals surface area contributed by atoms with Crippen LogP contribution in [0, 0.1) is 0 Å². The number of pyridine rings is 3. The van der Waals surface area contributed by atoms with Crippen LogP contribution in [-0.4, -0.2) is 15.0 Å². The van der Waals surface area contributed by atoms with E-state index in [9.17, 15) is 0 Å². The van der Waals surface area contributed by atoms with Crippen LogP contribution in [0.4, 0.5) is 0 Å². The molecule has 0 fully saturated rings. The third-order valence-electron chi connectivity index (χ3n) is 5.42. The van der Waals surface area contributed by atoms with Crippen LogP contribution < -0.4 is 0 Å². The van der Waals surface area contributed by atoms with E-state index in [0.717, 1.165) is 16.6 Å². The Balaban J connectivity index is 2.11. The van der Waals surface area contributed by atoms with Gasteiger partial charge in [0.1, 0.15) is 0 Å². The standard InChI is InChI=1S/C21H9N3/c1-4-13-19-16-10(1)7-22-14-5-2-12-9-24-15-6-3-11(8-23-13)17(19)21(15)18(12)20(14)16/h1-9H. The normalized spacial score (nSPS) is 13.0. The Morgan fingerprint density at radius 3 is 1.04 bits per heavy atom. The molecular formula is C21H9N3. The lowest BCUT2D eigenvalue weighted by atomic mass is 9.87. The Morgan fingerprint density at radius 1 is 0.375 bits per heavy atom. The predicted molar refractivity (Wildman–Crippen MR) is 98.4 cm³/mol. The molecular weight excluding hydrogens is 294 g/mol. The maximum atomic E-state index is 4.70. The van der Waals surface area contributed by atoms with Crippen molar-refractivity contribution in [3.05, 3.63) is 55.0 Å². The van der Waals surface area contributed by atoms with Crippen molar-refractivity contribution in [2.45, 2.75) is 0 Å². The first-order valence-corrected chi connectivity index (χ1v) is 8.04. The number of rotatable bonds is 0. The summed E-state index contributed by atoms with van der Waals surface area (Å²) in [6.45, 7) is 0. The van der Waals surface area contributed by atoms with Crippen molar-refractivity contribution < 1.29 is 0 Å². The molecule has 0 unspecified atom stereocenters. The molecule has 4 aromatic carbocycles. The third kappa shape index (κ3) is 1.05. The molecule has 0 radical (unpaired) electrons. The Labute approximate surface area is 135 Å². The highest BCUT2D eigenvalue weighted by Gasteiger charge is 2.20. The third-order valence-corrected chi connectivity index (χ3v) is 5.42. The summed E-state index contributed by atoms with van der Waals surface area (Å²) in [6, 6.07) is 12.7. The number of hydrogen-bond donors (Lipinski definition) is 0. The molecule has 24 heavy (non-hydrogen) atoms. The minimum atomic E-state index is 1.04. The molecule has 0 aliphatic rings. The van der Waals surface area contributed by atoms with Gasteiger partial charge in [0.25, 0.3) is 0 Å². The van der Waals surface area contributed by atoms with Crippen molar-refractivity contribution in [2.75, 3.05) is 0 Å². The zero-order valence-electron chi connectivity index (χ0n) is 12.5. The maximum absolute atomic E-state index is 4.70. The van der Waals surface area contributed by atoms with Gasteiger partial charge in [-0.25, -0.2) is 0 Å². The summed E-state index contributed by atoms with van der Waals surface area (Å²) in [5, 5.41) is 11.1. The molecule has 0 saturated carbocycles. The predicted octanol–water partition coefficient (Wildman–Crippen LogP) is 5.10. The highest BCUT2D eigenvalue weighted by Crippen LogP contribution is 2.46. The van der Waals surface area contributed by atoms with Gasteiger partial charge in [-0.1, -0.05) is 18.2 Å². The van der Waals surface area contributed by atoms with E-state index in [-0.39, 0.29) is 0 Å². The molecule has 108 valence electrons. The van der Waals surface area contributed by atoms with E-state index >= 15 is 0 Å². The zero-order valence-corrected chi connectivity index (χ0v) is 12.5. The SMILES string of the molecule is c1cc2ncc3ccc4ncc5ccc6ncc1c1c6c5c4c3c21. The number of aromatic nitrogens is 3. The van der Waals surface area contributed by atoms with Crippen LogP contribution in [0.1, 0.15) is 0 Å². The molecule has 0 atom stereocenters. The molecule has 0 saturated heterocycles. The highest BCUT2D eigenvalue weighted by atomic mass is 14.7. The average molecular weight is 303 g/mol. The van der Waals surface area contributed by atoms with Gasteiger partial charge in [0.15, 0.2) is 0 Å². The first-order chi connectivity index (χ1) is 11.9. The lowest BCUT2D eigenvalue weighted by molar-refractivity contribution is 1.42. The molecule has 0 spiro atoms. The van der Waals surface area contributed by atoms with Gasteiger partial charge < -0.3 is 0 Å². The second-order valence-corrected chi connectivity index (χ2v) is 6.55. The van der Waals surface area contributed by atoms with Gasteiger partial charge in [-0.3, -0.25) is 15.0 Å². The highest BCUT2D eigenvalue weighted by molar-refractivity contribution is 6.43. The second kappa shape index (κ2) is 3.44. The van der Waals surface area contributed by atoms with Crippen molar-refractivity contribution >= 4 is 65.0 Å². The molecule has 0 bridgehead atoms. The quantitative estimate of drug-likeness (QED) is 0.289. The van der Waals surface area contributed by atoms with Crippen LogP contribution in [0.5, 0.6) is 0 Å². The monoisotopic (exact) mass is 303 g/mol. The van der Waals surface area contributed by atoms with E-state index in [4.69, 9.17) is 15.0 Å². The first-order valence-electron chi connectivity index (χ1n) is 8.04. The lowest BCUT2D eigenvalue weighted by Gasteiger charge is -2.18. The average Bonchev–Trinajstić information content (AvgIpc) is 2.65. The van der Waals surface area contributed by atoms with Gasteiger partial charge in [0, 0.05) is 67.1 Å². The van der Waals surface area contributed by atoms with Gasteiger partial charge >= 0.3 is 0 Å². The van der Waals surface area contributed by atoms with Crippen molar-refractivity contribution in [3.63, 3.8) is 0 Å². The van der Waals surface area contributed by atoms with E-state index in [1.807, 2.05) is 18.6 Å². The zero-order chi connectivity index (χ0) is 15.4. The van der Waals surface area contributed by atoms with E-state index in [0.29, 0.717) is 0 Å². The first kappa shape index (κ1) is 11.2. The van der Waals surface area contributed by atoms with Gasteiger partial charge in [-0.2, -0.15) is 0 Å². The fourth-order valence-corrected chi connectivity index (χ4v) is 4.45. The number of hydrogen-bond acceptors (Lipinski definition) is 3. The van der Waals surface area contributed by atoms with Gasteiger partial charge in [-0.05, 0) is 18.2 Å². The lowest BCUT2D eigenvalue weighted by Crippen LogP contribution is -1.95. The summed E-state index contributed by atoms with van der Waals surface area (Å²) in [4.78, 5) is 14.1. The second-order valence-electron chi connectivity index (χ2n) is 6.55. The smallest absolute Gasteiger partial charge is 0.0715 e. The van der Waals surface area contributed by atoms with Crippen molar-refractivity contribution in [1.29, 1.82) is 0 Å². The summed E-state index contributed by atoms with van der Waals surface area (Å²) in [7, 11) is 0. The molecule has 3 aromatic heterocycles. The van der Waals surface area contributed by atoms with E-state index in [1.54, 1.807) is 0 Å². The Morgan fingerprint density at radius 2 is 0.708 bits per heavy atom. The van der Waals surface area contributed by atoms with Crippen LogP contribution in [0.25, 0.3) is 65.0 Å². The molecule has 0 amide bonds. The van der Waals surface area contributed by atoms with Gasteiger partial charge in [0.05, 0.1) is 16.6 Å². The Kier molecular flexibility index (Phi) is 1.61. The van der Waals surface area contributed by atoms with Crippen molar-refractivity contribution in [2.24, 2.45) is 0 Å². The molecule has 3 heteroatoms. The maximum Gasteiger partial charge on any atom is 0.0715 e. The fraction of sp³-hybridized carbons (Fsp3) is 0. The summed E-state index contributed by atoms with van der Waals surface area (Å²) >= 11 is 0. The summed E-state index contributed by atoms with van der Waals surface area (Å²) < 4.78 is 0. The van der Waals surface area contributed by atoms with E-state index in [2.05, 4.69) is 36.4 Å². The Hall–Kier alpha value is -3.33. The van der Waals surface area contributed by atoms with Crippen LogP contribution in [0.15, 0.2) is 55.0 Å². The summed E-state index contributed by atoms with van der Waals surface area (Å²) in [6.07, 6.45) is 5.94. The topological polar surface area (TPSA) is 38.7 Å². The van der Waals surface area contributed by atoms with Crippen molar-refractivity contribution in [3.8, 4) is 0 Å². The molecule has 7 aromatic rings. The van der Waals surface area contributed by atoms with E-state index < -0.39 is 0 Å². The minimum absolute atomic E-state index is 1.04. The molecule has 0 aliphatic carbocycles. The van der Waals surface area contributed by atoms with Crippen LogP contribution in [0.3, 0.4) is 0 Å². The van der Waals surface area contributed by atoms with Crippen LogP contribution in [0.2, 0.25) is 0 Å². The number of nitrogens with zero attached hydrogens (tertiary/aromatic N) is 3. The Bertz CT molecular complexity index is 1150. The van der Waals surface area contributed by atoms with Crippen molar-refractivity contribution in [1.82, 2.24) is 15.0 Å². The molecule has 7 rings (SSSR count). The molecule has 3 heterocycles. The fourth-order valence-electron chi connectivity index (χ4n) is 4.45. The molecule has 3 nitrogen and oxygen atoms in total. The molecule has 0 aliphatic heterocycles. The number of benzene rings is 4. The van der Waals surface area contributed by atoms with Gasteiger partial charge in [0.2, 0.25) is 0 Å². The van der Waals surface area contributed by atoms with E-state index in [1.165, 1.54) is 48.5 Å². The molecule has 0 N–H and O–H groups in total. The minimum Gasteiger partial charge on any atom is -0.256 e. The van der Waals surface area contributed by atoms with Crippen LogP contribution >= 0.6 is 0 Å². The summed E-state index contributed by atoms with van der Waals surface area (Å²) in [5.41, 5.74) is 3.13.